The molecule has 1 aliphatic rings. The first-order valence-corrected chi connectivity index (χ1v) is 7.50. The number of anilines is 1. The molecule has 0 radical (unpaired) electrons. The number of ether oxygens (including phenoxy) is 1. The van der Waals surface area contributed by atoms with Crippen LogP contribution in [0.1, 0.15) is 5.69 Å². The largest absolute Gasteiger partial charge is 0.489 e. The molecule has 21 heavy (non-hydrogen) atoms. The van der Waals surface area contributed by atoms with Crippen molar-refractivity contribution in [2.45, 2.75) is 11.8 Å². The standard InChI is InChI=1S/C12H11F2N3O3S/c1-7-12(6-15-16-7)21(18,19)17-2-3-20-11-5-9(14)8(13)4-10(11)17/h4-6H,2-3H2,1H3,(H,15,16). The van der Waals surface area contributed by atoms with E-state index < -0.39 is 21.7 Å². The lowest BCUT2D eigenvalue weighted by molar-refractivity contribution is 0.312. The number of aryl methyl sites for hydroxylation is 1. The first-order valence-electron chi connectivity index (χ1n) is 6.06. The lowest BCUT2D eigenvalue weighted by Gasteiger charge is -2.30. The Morgan fingerprint density at radius 3 is 2.71 bits per heavy atom. The van der Waals surface area contributed by atoms with Crippen molar-refractivity contribution >= 4 is 15.7 Å². The first kappa shape index (κ1) is 13.8. The Labute approximate surface area is 119 Å². The summed E-state index contributed by atoms with van der Waals surface area (Å²) < 4.78 is 58.1. The minimum atomic E-state index is -3.92. The van der Waals surface area contributed by atoms with Crippen molar-refractivity contribution < 1.29 is 21.9 Å². The zero-order valence-electron chi connectivity index (χ0n) is 10.9. The molecule has 0 fully saturated rings. The second kappa shape index (κ2) is 4.69. The Balaban J connectivity index is 2.15. The van der Waals surface area contributed by atoms with Crippen LogP contribution < -0.4 is 9.04 Å². The molecule has 9 heteroatoms. The van der Waals surface area contributed by atoms with Gasteiger partial charge in [-0.3, -0.25) is 9.40 Å². The number of benzene rings is 1. The molecule has 1 aliphatic heterocycles. The average molecular weight is 315 g/mol. The van der Waals surface area contributed by atoms with Crippen molar-refractivity contribution in [2.75, 3.05) is 17.5 Å². The van der Waals surface area contributed by atoms with Gasteiger partial charge in [-0.15, -0.1) is 0 Å². The number of H-pyrrole nitrogens is 1. The van der Waals surface area contributed by atoms with Crippen LogP contribution in [0.2, 0.25) is 0 Å². The lowest BCUT2D eigenvalue weighted by Crippen LogP contribution is -2.38. The summed E-state index contributed by atoms with van der Waals surface area (Å²) in [6.07, 6.45) is 1.18. The van der Waals surface area contributed by atoms with E-state index in [2.05, 4.69) is 10.2 Å². The van der Waals surface area contributed by atoms with Crippen LogP contribution in [0.25, 0.3) is 0 Å². The third-order valence-corrected chi connectivity index (χ3v) is 5.10. The van der Waals surface area contributed by atoms with Crippen molar-refractivity contribution in [3.8, 4) is 5.75 Å². The van der Waals surface area contributed by atoms with Gasteiger partial charge >= 0.3 is 0 Å². The molecule has 0 atom stereocenters. The average Bonchev–Trinajstić information content (AvgIpc) is 2.86. The van der Waals surface area contributed by atoms with Crippen molar-refractivity contribution in [1.82, 2.24) is 10.2 Å². The molecule has 1 aromatic heterocycles. The van der Waals surface area contributed by atoms with E-state index in [0.717, 1.165) is 16.4 Å². The smallest absolute Gasteiger partial charge is 0.267 e. The van der Waals surface area contributed by atoms with Crippen molar-refractivity contribution in [1.29, 1.82) is 0 Å². The quantitative estimate of drug-likeness (QED) is 0.913. The Hall–Kier alpha value is -2.16. The third-order valence-electron chi connectivity index (χ3n) is 3.17. The summed E-state index contributed by atoms with van der Waals surface area (Å²) in [6.45, 7) is 1.62. The van der Waals surface area contributed by atoms with Gasteiger partial charge in [0.05, 0.1) is 24.1 Å². The Bertz CT molecular complexity index is 804. The number of hydrogen-bond acceptors (Lipinski definition) is 4. The molecule has 2 aromatic rings. The van der Waals surface area contributed by atoms with Crippen LogP contribution >= 0.6 is 0 Å². The topological polar surface area (TPSA) is 75.3 Å². The highest BCUT2D eigenvalue weighted by Gasteiger charge is 2.33. The molecule has 0 amide bonds. The molecule has 0 bridgehead atoms. The monoisotopic (exact) mass is 315 g/mol. The second-order valence-corrected chi connectivity index (χ2v) is 6.35. The van der Waals surface area contributed by atoms with Gasteiger partial charge in [-0.1, -0.05) is 0 Å². The van der Waals surface area contributed by atoms with Crippen molar-refractivity contribution in [3.05, 3.63) is 35.7 Å². The number of fused-ring (bicyclic) bond motifs is 1. The van der Waals surface area contributed by atoms with E-state index >= 15 is 0 Å². The summed E-state index contributed by atoms with van der Waals surface area (Å²) in [5, 5.41) is 6.21. The number of halogens is 2. The fourth-order valence-electron chi connectivity index (χ4n) is 2.16. The van der Waals surface area contributed by atoms with Crippen LogP contribution in [0.4, 0.5) is 14.5 Å². The van der Waals surface area contributed by atoms with Crippen LogP contribution in [0.3, 0.4) is 0 Å². The van der Waals surface area contributed by atoms with Gasteiger partial charge in [0.15, 0.2) is 11.6 Å². The number of hydrogen-bond donors (Lipinski definition) is 1. The van der Waals surface area contributed by atoms with E-state index in [-0.39, 0.29) is 29.5 Å². The molecule has 2 heterocycles. The SMILES string of the molecule is Cc1[nH]ncc1S(=O)(=O)N1CCOc2cc(F)c(F)cc21. The Morgan fingerprint density at radius 2 is 2.05 bits per heavy atom. The van der Waals surface area contributed by atoms with Crippen molar-refractivity contribution in [2.24, 2.45) is 0 Å². The number of sulfonamides is 1. The van der Waals surface area contributed by atoms with Crippen LogP contribution in [-0.2, 0) is 10.0 Å². The fraction of sp³-hybridized carbons (Fsp3) is 0.250. The first-order chi connectivity index (χ1) is 9.91. The van der Waals surface area contributed by atoms with E-state index in [9.17, 15) is 17.2 Å². The summed E-state index contributed by atoms with van der Waals surface area (Å²) in [7, 11) is -3.92. The predicted molar refractivity (Wildman–Crippen MR) is 69.7 cm³/mol. The van der Waals surface area contributed by atoms with Gasteiger partial charge in [0.1, 0.15) is 17.3 Å². The van der Waals surface area contributed by atoms with Gasteiger partial charge in [0.25, 0.3) is 10.0 Å². The molecule has 0 unspecified atom stereocenters. The van der Waals surface area contributed by atoms with Gasteiger partial charge in [-0.05, 0) is 6.92 Å². The second-order valence-electron chi connectivity index (χ2n) is 4.52. The third kappa shape index (κ3) is 2.13. The highest BCUT2D eigenvalue weighted by Crippen LogP contribution is 2.37. The normalized spacial score (nSPS) is 14.7. The number of aromatic nitrogens is 2. The van der Waals surface area contributed by atoms with Crippen LogP contribution in [0.15, 0.2) is 23.2 Å². The summed E-state index contributed by atoms with van der Waals surface area (Å²) in [5.41, 5.74) is 0.339. The van der Waals surface area contributed by atoms with E-state index in [1.807, 2.05) is 0 Å². The maximum Gasteiger partial charge on any atom is 0.267 e. The summed E-state index contributed by atoms with van der Waals surface area (Å²) in [6, 6.07) is 1.66. The van der Waals surface area contributed by atoms with Gasteiger partial charge in [-0.2, -0.15) is 5.10 Å². The minimum absolute atomic E-state index is 0.00499. The minimum Gasteiger partial charge on any atom is -0.489 e. The molecular formula is C12H11F2N3O3S. The molecule has 0 spiro atoms. The summed E-state index contributed by atoms with van der Waals surface area (Å²) in [5.74, 6) is -2.24. The molecule has 112 valence electrons. The predicted octanol–water partition coefficient (Wildman–Crippen LogP) is 1.58. The fourth-order valence-corrected chi connectivity index (χ4v) is 3.73. The highest BCUT2D eigenvalue weighted by molar-refractivity contribution is 7.92. The molecular weight excluding hydrogens is 304 g/mol. The zero-order valence-corrected chi connectivity index (χ0v) is 11.7. The number of nitrogens with one attached hydrogen (secondary N) is 1. The van der Waals surface area contributed by atoms with E-state index in [4.69, 9.17) is 4.74 Å². The van der Waals surface area contributed by atoms with Gasteiger partial charge < -0.3 is 4.74 Å². The van der Waals surface area contributed by atoms with E-state index in [1.54, 1.807) is 6.92 Å². The zero-order chi connectivity index (χ0) is 15.2. The molecule has 0 aliphatic carbocycles. The molecule has 3 rings (SSSR count). The van der Waals surface area contributed by atoms with E-state index in [1.165, 1.54) is 6.20 Å². The van der Waals surface area contributed by atoms with E-state index in [0.29, 0.717) is 5.69 Å². The van der Waals surface area contributed by atoms with Gasteiger partial charge in [0.2, 0.25) is 0 Å². The Kier molecular flexibility index (Phi) is 3.08. The van der Waals surface area contributed by atoms with Gasteiger partial charge in [-0.25, -0.2) is 17.2 Å². The van der Waals surface area contributed by atoms with Crippen LogP contribution in [0, 0.1) is 18.6 Å². The summed E-state index contributed by atoms with van der Waals surface area (Å²) >= 11 is 0. The molecule has 6 nitrogen and oxygen atoms in total. The molecule has 0 saturated heterocycles. The highest BCUT2D eigenvalue weighted by atomic mass is 32.2. The molecule has 1 N–H and O–H groups in total. The maximum atomic E-state index is 13.4. The Morgan fingerprint density at radius 1 is 1.33 bits per heavy atom. The molecule has 1 aromatic carbocycles. The number of aromatic amines is 1. The number of rotatable bonds is 2. The maximum absolute atomic E-state index is 13.4. The van der Waals surface area contributed by atoms with Crippen LogP contribution in [0.5, 0.6) is 5.75 Å². The van der Waals surface area contributed by atoms with Gasteiger partial charge in [0, 0.05) is 12.1 Å². The number of nitrogens with zero attached hydrogens (tertiary/aromatic N) is 2. The lowest BCUT2D eigenvalue weighted by atomic mass is 10.2. The summed E-state index contributed by atoms with van der Waals surface area (Å²) in [4.78, 5) is -0.0138. The molecule has 0 saturated carbocycles. The van der Waals surface area contributed by atoms with Crippen LogP contribution in [-0.4, -0.2) is 31.8 Å². The van der Waals surface area contributed by atoms with Crippen molar-refractivity contribution in [3.63, 3.8) is 0 Å².